The van der Waals surface area contributed by atoms with Crippen molar-refractivity contribution >= 4 is 34.8 Å². The van der Waals surface area contributed by atoms with Crippen molar-refractivity contribution in [2.75, 3.05) is 6.61 Å². The number of ether oxygens (including phenoxy) is 2. The normalized spacial score (nSPS) is 17.0. The van der Waals surface area contributed by atoms with Gasteiger partial charge >= 0.3 is 12.2 Å². The summed E-state index contributed by atoms with van der Waals surface area (Å²) in [6, 6.07) is 5.35. The molecule has 0 heterocycles. The molecular weight excluding hydrogens is 448 g/mol. The summed E-state index contributed by atoms with van der Waals surface area (Å²) >= 11 is 0.593. The summed E-state index contributed by atoms with van der Waals surface area (Å²) in [5, 5.41) is 21.5. The van der Waals surface area contributed by atoms with Gasteiger partial charge in [-0.3, -0.25) is 25.0 Å². The fourth-order valence-electron chi connectivity index (χ4n) is 2.44. The van der Waals surface area contributed by atoms with Crippen LogP contribution in [0, 0.1) is 20.2 Å². The van der Waals surface area contributed by atoms with Gasteiger partial charge in [-0.2, -0.15) is 0 Å². The molecule has 0 aliphatic heterocycles. The van der Waals surface area contributed by atoms with E-state index in [4.69, 9.17) is 9.47 Å². The molecule has 2 N–H and O–H groups in total. The number of hydrogen-bond donors (Lipinski definition) is 2. The van der Waals surface area contributed by atoms with Gasteiger partial charge in [0, 0.05) is 30.1 Å². The van der Waals surface area contributed by atoms with Crippen LogP contribution in [-0.2, 0) is 20.9 Å². The summed E-state index contributed by atoms with van der Waals surface area (Å²) in [5.74, 6) is 0. The van der Waals surface area contributed by atoms with Crippen molar-refractivity contribution in [2.45, 2.75) is 24.8 Å². The molecule has 0 bridgehead atoms. The predicted molar refractivity (Wildman–Crippen MR) is 111 cm³/mol. The van der Waals surface area contributed by atoms with Gasteiger partial charge in [0.2, 0.25) is 0 Å². The van der Waals surface area contributed by atoms with E-state index in [0.717, 1.165) is 0 Å². The fourth-order valence-corrected chi connectivity index (χ4v) is 3.32. The summed E-state index contributed by atoms with van der Waals surface area (Å²) < 4.78 is 9.74. The van der Waals surface area contributed by atoms with Gasteiger partial charge in [-0.05, 0) is 35.0 Å². The summed E-state index contributed by atoms with van der Waals surface area (Å²) in [6.07, 6.45) is 2.08. The number of nitrogens with one attached hydrogen (secondary N) is 2. The third-order valence-corrected chi connectivity index (χ3v) is 5.09. The second kappa shape index (κ2) is 10.9. The fraction of sp³-hybridized carbons (Fsp3) is 0.278. The van der Waals surface area contributed by atoms with E-state index in [1.807, 2.05) is 10.9 Å². The third kappa shape index (κ3) is 7.09. The van der Waals surface area contributed by atoms with Crippen molar-refractivity contribution in [3.05, 3.63) is 73.9 Å². The second-order valence-corrected chi connectivity index (χ2v) is 7.82. The molecule has 1 aliphatic carbocycles. The number of benzene rings is 1. The number of amides is 2. The van der Waals surface area contributed by atoms with Crippen molar-refractivity contribution in [1.82, 2.24) is 10.9 Å². The molecule has 2 amide bonds. The summed E-state index contributed by atoms with van der Waals surface area (Å²) in [6.45, 7) is 0.829. The Balaban J connectivity index is 1.71. The zero-order valence-electron chi connectivity index (χ0n) is 16.6. The molecule has 1 aromatic carbocycles. The van der Waals surface area contributed by atoms with E-state index >= 15 is 0 Å². The van der Waals surface area contributed by atoms with Crippen molar-refractivity contribution in [2.24, 2.45) is 0 Å². The Morgan fingerprint density at radius 1 is 1.06 bits per heavy atom. The molecule has 0 saturated carbocycles. The average Bonchev–Trinajstić information content (AvgIpc) is 2.75. The Kier molecular flexibility index (Phi) is 8.29. The van der Waals surface area contributed by atoms with Crippen LogP contribution in [0.5, 0.6) is 0 Å². The van der Waals surface area contributed by atoms with Crippen LogP contribution in [0.15, 0.2) is 48.1 Å². The smallest absolute Gasteiger partial charge is 0.426 e. The predicted octanol–water partition coefficient (Wildman–Crippen LogP) is 2.60. The van der Waals surface area contributed by atoms with Gasteiger partial charge in [-0.15, -0.1) is 0 Å². The second-order valence-electron chi connectivity index (χ2n) is 6.34. The first kappa shape index (κ1) is 24.3. The highest BCUT2D eigenvalue weighted by Gasteiger charge is 2.43. The molecule has 2 rings (SSSR count). The van der Waals surface area contributed by atoms with E-state index in [2.05, 4.69) is 0 Å². The van der Waals surface area contributed by atoms with E-state index < -0.39 is 32.0 Å². The number of carbonyl (C=O) groups excluding carboxylic acids is 3. The van der Waals surface area contributed by atoms with Crippen LogP contribution in [0.4, 0.5) is 15.3 Å². The Hall–Kier alpha value is -3.94. The van der Waals surface area contributed by atoms with E-state index in [1.165, 1.54) is 49.4 Å². The average molecular weight is 466 g/mol. The van der Waals surface area contributed by atoms with Gasteiger partial charge in [0.1, 0.15) is 13.2 Å². The molecule has 13 nitrogen and oxygen atoms in total. The molecule has 1 aromatic rings. The largest absolute Gasteiger partial charge is 0.443 e. The third-order valence-electron chi connectivity index (χ3n) is 4.00. The van der Waals surface area contributed by atoms with Crippen molar-refractivity contribution in [3.8, 4) is 0 Å². The van der Waals surface area contributed by atoms with Crippen LogP contribution in [0.3, 0.4) is 0 Å². The standard InChI is InChI=1S/C18H18N4O9S/c1-12(23)32-18(22(28)29)8-6-14(7-9-18)11-31-17(25)20-19-16(24)30-10-13-2-4-15(5-3-13)21(26)27/h2-8H,9-11H2,1H3,(H,19,24)(H,20,25). The molecule has 170 valence electrons. The lowest BCUT2D eigenvalue weighted by Gasteiger charge is -2.22. The molecule has 0 saturated heterocycles. The molecule has 1 aliphatic rings. The van der Waals surface area contributed by atoms with Gasteiger partial charge in [0.15, 0.2) is 5.12 Å². The first-order valence-corrected chi connectivity index (χ1v) is 9.74. The van der Waals surface area contributed by atoms with Crippen LogP contribution < -0.4 is 10.9 Å². The van der Waals surface area contributed by atoms with Gasteiger partial charge in [0.25, 0.3) is 10.6 Å². The van der Waals surface area contributed by atoms with Crippen molar-refractivity contribution < 1.29 is 33.7 Å². The topological polar surface area (TPSA) is 180 Å². The molecule has 1 unspecified atom stereocenters. The van der Waals surface area contributed by atoms with E-state index in [0.29, 0.717) is 22.9 Å². The molecular formula is C18H18N4O9S. The minimum Gasteiger partial charge on any atom is -0.443 e. The highest BCUT2D eigenvalue weighted by molar-refractivity contribution is 8.14. The van der Waals surface area contributed by atoms with E-state index in [1.54, 1.807) is 0 Å². The minimum atomic E-state index is -1.59. The first-order valence-electron chi connectivity index (χ1n) is 8.92. The lowest BCUT2D eigenvalue weighted by molar-refractivity contribution is -0.523. The number of hydrogen-bond acceptors (Lipinski definition) is 10. The highest BCUT2D eigenvalue weighted by atomic mass is 32.2. The number of nitro groups is 2. The Labute approximate surface area is 185 Å². The van der Waals surface area contributed by atoms with Crippen molar-refractivity contribution in [3.63, 3.8) is 0 Å². The van der Waals surface area contributed by atoms with Gasteiger partial charge < -0.3 is 9.47 Å². The number of rotatable bonds is 7. The maximum absolute atomic E-state index is 11.7. The monoisotopic (exact) mass is 466 g/mol. The molecule has 32 heavy (non-hydrogen) atoms. The number of nitrogens with zero attached hydrogens (tertiary/aromatic N) is 2. The van der Waals surface area contributed by atoms with Crippen LogP contribution in [-0.4, -0.2) is 38.6 Å². The van der Waals surface area contributed by atoms with Gasteiger partial charge in [-0.25, -0.2) is 20.4 Å². The number of non-ortho nitro benzene ring substituents is 1. The lowest BCUT2D eigenvalue weighted by atomic mass is 10.0. The Morgan fingerprint density at radius 2 is 1.66 bits per heavy atom. The van der Waals surface area contributed by atoms with E-state index in [-0.39, 0.29) is 25.3 Å². The van der Waals surface area contributed by atoms with Crippen LogP contribution in [0.1, 0.15) is 18.9 Å². The maximum Gasteiger partial charge on any atom is 0.426 e. The molecule has 1 atom stereocenters. The van der Waals surface area contributed by atoms with Gasteiger partial charge in [0.05, 0.1) is 11.3 Å². The lowest BCUT2D eigenvalue weighted by Crippen LogP contribution is -2.42. The quantitative estimate of drug-likeness (QED) is 0.344. The van der Waals surface area contributed by atoms with E-state index in [9.17, 15) is 34.6 Å². The zero-order valence-corrected chi connectivity index (χ0v) is 17.5. The molecule has 0 radical (unpaired) electrons. The SMILES string of the molecule is CC(=O)SC1([N+](=O)[O-])C=CC(COC(=O)NNC(=O)OCc2ccc([N+](=O)[O-])cc2)=CC1. The van der Waals surface area contributed by atoms with Gasteiger partial charge in [-0.1, -0.05) is 12.2 Å². The van der Waals surface area contributed by atoms with Crippen molar-refractivity contribution in [1.29, 1.82) is 0 Å². The summed E-state index contributed by atoms with van der Waals surface area (Å²) in [4.78, 5) is 53.7. The number of thioether (sulfide) groups is 1. The van der Waals surface area contributed by atoms with Crippen LogP contribution in [0.25, 0.3) is 0 Å². The number of carbonyl (C=O) groups is 3. The molecule has 0 spiro atoms. The first-order chi connectivity index (χ1) is 15.1. The zero-order chi connectivity index (χ0) is 23.7. The highest BCUT2D eigenvalue weighted by Crippen LogP contribution is 2.35. The summed E-state index contributed by atoms with van der Waals surface area (Å²) in [5.41, 5.74) is 4.79. The molecule has 0 aromatic heterocycles. The van der Waals surface area contributed by atoms with Crippen LogP contribution in [0.2, 0.25) is 0 Å². The number of hydrazine groups is 1. The Bertz CT molecular complexity index is 977. The summed E-state index contributed by atoms with van der Waals surface area (Å²) in [7, 11) is 0. The molecule has 14 heteroatoms. The maximum atomic E-state index is 11.7. The Morgan fingerprint density at radius 3 is 2.12 bits per heavy atom. The van der Waals surface area contributed by atoms with Crippen LogP contribution >= 0.6 is 11.8 Å². The molecule has 0 fully saturated rings. The number of nitro benzene ring substituents is 1. The minimum absolute atomic E-state index is 0.0612.